The van der Waals surface area contributed by atoms with Gasteiger partial charge in [-0.3, -0.25) is 4.90 Å². The standard InChI is InChI=1S/C17H16F13NO3S.ClH/c1-3-31(4-2)9-10-5-7-11(8-6-10)34-35(32,33)17(29,30)15(24,25)13(20,21)12(18,19)14(22,23)16(26,27)28;/h5-8H,3-4,9H2,1-2H3;1H. The zero-order chi connectivity index (χ0) is 27.9. The van der Waals surface area contributed by atoms with E-state index in [2.05, 4.69) is 4.18 Å². The van der Waals surface area contributed by atoms with E-state index in [0.29, 0.717) is 30.8 Å². The third kappa shape index (κ3) is 5.58. The Morgan fingerprint density at radius 1 is 0.694 bits per heavy atom. The van der Waals surface area contributed by atoms with E-state index in [9.17, 15) is 65.5 Å². The van der Waals surface area contributed by atoms with Crippen molar-refractivity contribution in [3.8, 4) is 5.75 Å². The van der Waals surface area contributed by atoms with Gasteiger partial charge in [-0.25, -0.2) is 0 Å². The summed E-state index contributed by atoms with van der Waals surface area (Å²) in [6, 6.07) is 3.25. The number of halogens is 14. The van der Waals surface area contributed by atoms with Crippen LogP contribution in [0.4, 0.5) is 57.1 Å². The van der Waals surface area contributed by atoms with Crippen molar-refractivity contribution >= 4 is 22.5 Å². The second-order valence-electron chi connectivity index (χ2n) is 6.95. The Hall–Kier alpha value is -1.69. The zero-order valence-corrected chi connectivity index (χ0v) is 19.5. The van der Waals surface area contributed by atoms with Crippen LogP contribution in [0.3, 0.4) is 0 Å². The zero-order valence-electron chi connectivity index (χ0n) is 17.8. The third-order valence-corrected chi connectivity index (χ3v) is 5.94. The lowest BCUT2D eigenvalue weighted by Crippen LogP contribution is -2.71. The molecule has 212 valence electrons. The van der Waals surface area contributed by atoms with E-state index in [1.54, 1.807) is 18.7 Å². The van der Waals surface area contributed by atoms with Crippen molar-refractivity contribution in [3.63, 3.8) is 0 Å². The van der Waals surface area contributed by atoms with Crippen LogP contribution in [-0.2, 0) is 16.7 Å². The van der Waals surface area contributed by atoms with Crippen molar-refractivity contribution in [2.75, 3.05) is 13.1 Å². The first-order valence-electron chi connectivity index (χ1n) is 9.15. The topological polar surface area (TPSA) is 46.6 Å². The Labute approximate surface area is 201 Å². The number of rotatable bonds is 11. The molecule has 1 rings (SSSR count). The van der Waals surface area contributed by atoms with Crippen LogP contribution in [0.25, 0.3) is 0 Å². The molecule has 0 radical (unpaired) electrons. The molecule has 0 aliphatic rings. The van der Waals surface area contributed by atoms with Gasteiger partial charge >= 0.3 is 45.2 Å². The third-order valence-electron chi connectivity index (χ3n) is 4.65. The number of hydrogen-bond acceptors (Lipinski definition) is 4. The Balaban J connectivity index is 0.0000122. The van der Waals surface area contributed by atoms with Crippen LogP contribution in [0.5, 0.6) is 5.75 Å². The molecule has 0 saturated heterocycles. The van der Waals surface area contributed by atoms with Crippen molar-refractivity contribution < 1.29 is 69.7 Å². The fourth-order valence-corrected chi connectivity index (χ4v) is 3.36. The maximum Gasteiger partial charge on any atom is 0.460 e. The molecule has 0 fully saturated rings. The van der Waals surface area contributed by atoms with E-state index in [4.69, 9.17) is 0 Å². The van der Waals surface area contributed by atoms with Gasteiger partial charge in [0.25, 0.3) is 0 Å². The molecule has 36 heavy (non-hydrogen) atoms. The molecule has 19 heteroatoms. The molecule has 0 N–H and O–H groups in total. The summed E-state index contributed by atoms with van der Waals surface area (Å²) in [6.07, 6.45) is -7.60. The lowest BCUT2D eigenvalue weighted by Gasteiger charge is -2.38. The van der Waals surface area contributed by atoms with Gasteiger partial charge < -0.3 is 4.18 Å². The molecule has 0 aliphatic carbocycles. The first-order valence-corrected chi connectivity index (χ1v) is 10.6. The minimum Gasteiger partial charge on any atom is -0.378 e. The van der Waals surface area contributed by atoms with Gasteiger partial charge in [0.15, 0.2) is 0 Å². The number of benzene rings is 1. The van der Waals surface area contributed by atoms with Crippen LogP contribution in [0, 0.1) is 0 Å². The molecule has 1 aromatic carbocycles. The molecule has 0 saturated carbocycles. The molecular formula is C17H17ClF13NO3S. The summed E-state index contributed by atoms with van der Waals surface area (Å²) in [7, 11) is -7.37. The highest BCUT2D eigenvalue weighted by Crippen LogP contribution is 2.61. The summed E-state index contributed by atoms with van der Waals surface area (Å²) < 4.78 is 197. The predicted molar refractivity (Wildman–Crippen MR) is 101 cm³/mol. The van der Waals surface area contributed by atoms with Crippen LogP contribution in [0.1, 0.15) is 19.4 Å². The van der Waals surface area contributed by atoms with E-state index >= 15 is 0 Å². The Bertz CT molecular complexity index is 979. The van der Waals surface area contributed by atoms with Crippen molar-refractivity contribution in [2.24, 2.45) is 0 Å². The average Bonchev–Trinajstić information content (AvgIpc) is 2.71. The quantitative estimate of drug-likeness (QED) is 0.220. The van der Waals surface area contributed by atoms with Crippen molar-refractivity contribution in [1.29, 1.82) is 0 Å². The Morgan fingerprint density at radius 2 is 1.08 bits per heavy atom. The van der Waals surface area contributed by atoms with E-state index in [1.807, 2.05) is 0 Å². The van der Waals surface area contributed by atoms with Gasteiger partial charge in [-0.15, -0.1) is 12.4 Å². The summed E-state index contributed by atoms with van der Waals surface area (Å²) in [5.41, 5.74) is 0.399. The molecule has 4 nitrogen and oxygen atoms in total. The molecular weight excluding hydrogens is 581 g/mol. The van der Waals surface area contributed by atoms with Gasteiger partial charge in [-0.2, -0.15) is 65.5 Å². The molecule has 0 unspecified atom stereocenters. The fourth-order valence-electron chi connectivity index (χ4n) is 2.45. The maximum atomic E-state index is 13.9. The molecule has 0 spiro atoms. The first-order chi connectivity index (χ1) is 15.4. The van der Waals surface area contributed by atoms with Gasteiger partial charge in [0.05, 0.1) is 0 Å². The molecule has 1 aromatic rings. The average molecular weight is 598 g/mol. The van der Waals surface area contributed by atoms with E-state index in [0.717, 1.165) is 12.1 Å². The number of hydrogen-bond donors (Lipinski definition) is 0. The molecule has 0 heterocycles. The molecule has 0 aliphatic heterocycles. The molecule has 0 amide bonds. The minimum absolute atomic E-state index is 0. The predicted octanol–water partition coefficient (Wildman–Crippen LogP) is 6.36. The van der Waals surface area contributed by atoms with Crippen LogP contribution in [0.2, 0.25) is 0 Å². The van der Waals surface area contributed by atoms with E-state index in [1.165, 1.54) is 0 Å². The van der Waals surface area contributed by atoms with Crippen LogP contribution in [-0.4, -0.2) is 61.5 Å². The van der Waals surface area contributed by atoms with Crippen LogP contribution >= 0.6 is 12.4 Å². The van der Waals surface area contributed by atoms with Gasteiger partial charge in [0, 0.05) is 6.54 Å². The van der Waals surface area contributed by atoms with Crippen LogP contribution in [0.15, 0.2) is 24.3 Å². The van der Waals surface area contributed by atoms with Gasteiger partial charge in [0.2, 0.25) is 0 Å². The van der Waals surface area contributed by atoms with Gasteiger partial charge in [-0.1, -0.05) is 26.0 Å². The summed E-state index contributed by atoms with van der Waals surface area (Å²) in [4.78, 5) is 1.81. The summed E-state index contributed by atoms with van der Waals surface area (Å²) in [5.74, 6) is -33.6. The lowest BCUT2D eigenvalue weighted by atomic mass is 9.98. The smallest absolute Gasteiger partial charge is 0.378 e. The highest BCUT2D eigenvalue weighted by molar-refractivity contribution is 7.88. The molecule has 0 bridgehead atoms. The maximum absolute atomic E-state index is 13.9. The second kappa shape index (κ2) is 10.6. The minimum atomic E-state index is -8.24. The highest BCUT2D eigenvalue weighted by atomic mass is 35.5. The summed E-state index contributed by atoms with van der Waals surface area (Å²) in [6.45, 7) is 4.83. The normalized spacial score (nSPS) is 14.6. The lowest BCUT2D eigenvalue weighted by molar-refractivity contribution is -0.433. The van der Waals surface area contributed by atoms with E-state index < -0.39 is 51.0 Å². The number of alkyl halides is 13. The van der Waals surface area contributed by atoms with Crippen molar-refractivity contribution in [1.82, 2.24) is 4.90 Å². The SMILES string of the molecule is CCN(CC)Cc1ccc(OS(=O)(=O)C(F)(F)C(F)(F)C(F)(F)C(F)(F)C(F)(F)C(F)(F)F)cc1.Cl. The van der Waals surface area contributed by atoms with Gasteiger partial charge in [-0.05, 0) is 30.8 Å². The van der Waals surface area contributed by atoms with E-state index in [-0.39, 0.29) is 19.0 Å². The Morgan fingerprint density at radius 3 is 1.44 bits per heavy atom. The summed E-state index contributed by atoms with van der Waals surface area (Å²) in [5, 5.41) is -7.41. The van der Waals surface area contributed by atoms with Crippen LogP contribution < -0.4 is 4.18 Å². The van der Waals surface area contributed by atoms with Crippen molar-refractivity contribution in [3.05, 3.63) is 29.8 Å². The van der Waals surface area contributed by atoms with Crippen molar-refractivity contribution in [2.45, 2.75) is 55.5 Å². The summed E-state index contributed by atoms with van der Waals surface area (Å²) >= 11 is 0. The Kier molecular flexibility index (Phi) is 10.1. The fraction of sp³-hybridized carbons (Fsp3) is 0.647. The monoisotopic (exact) mass is 597 g/mol. The highest BCUT2D eigenvalue weighted by Gasteiger charge is 2.93. The largest absolute Gasteiger partial charge is 0.460 e. The second-order valence-corrected chi connectivity index (χ2v) is 8.54. The molecule has 0 atom stereocenters. The van der Waals surface area contributed by atoms with Gasteiger partial charge in [0.1, 0.15) is 5.75 Å². The number of nitrogens with zero attached hydrogens (tertiary/aromatic N) is 1. The first kappa shape index (κ1) is 34.3. The molecule has 0 aromatic heterocycles.